The molecule has 0 saturated heterocycles. The maximum Gasteiger partial charge on any atom is 0.290 e. The molecule has 0 bridgehead atoms. The minimum Gasteiger partial charge on any atom is -0.457 e. The highest BCUT2D eigenvalue weighted by Crippen LogP contribution is 2.37. The van der Waals surface area contributed by atoms with Crippen LogP contribution in [-0.4, -0.2) is 20.0 Å². The molecule has 0 amide bonds. The smallest absolute Gasteiger partial charge is 0.290 e. The predicted molar refractivity (Wildman–Crippen MR) is 121 cm³/mol. The number of nitrogens with two attached hydrogens (primary N) is 1. The second-order valence-corrected chi connectivity index (χ2v) is 8.31. The van der Waals surface area contributed by atoms with Gasteiger partial charge in [-0.2, -0.15) is 10.2 Å². The third kappa shape index (κ3) is 3.67. The lowest BCUT2D eigenvalue weighted by atomic mass is 9.87. The van der Waals surface area contributed by atoms with Crippen LogP contribution in [-0.2, 0) is 0 Å². The summed E-state index contributed by atoms with van der Waals surface area (Å²) in [5.41, 5.74) is 7.99. The molecule has 1 fully saturated rings. The number of para-hydroxylation sites is 1. The van der Waals surface area contributed by atoms with Crippen molar-refractivity contribution in [3.63, 3.8) is 0 Å². The van der Waals surface area contributed by atoms with Crippen LogP contribution in [0.15, 0.2) is 59.4 Å². The highest BCUT2D eigenvalue weighted by molar-refractivity contribution is 5.99. The number of nitrogens with one attached hydrogen (secondary N) is 1. The maximum atomic E-state index is 12.7. The fraction of sp³-hybridized carbons (Fsp3) is 0.292. The van der Waals surface area contributed by atoms with Crippen LogP contribution >= 0.6 is 0 Å². The number of benzene rings is 2. The summed E-state index contributed by atoms with van der Waals surface area (Å²) in [6.45, 7) is 2.27. The summed E-state index contributed by atoms with van der Waals surface area (Å²) >= 11 is 0. The number of hydrogen-bond donors (Lipinski definition) is 2. The van der Waals surface area contributed by atoms with Crippen molar-refractivity contribution in [2.75, 3.05) is 5.73 Å². The van der Waals surface area contributed by atoms with E-state index in [4.69, 9.17) is 15.6 Å². The van der Waals surface area contributed by atoms with E-state index < -0.39 is 0 Å². The zero-order chi connectivity index (χ0) is 21.4. The summed E-state index contributed by atoms with van der Waals surface area (Å²) in [6, 6.07) is 17.5. The Morgan fingerprint density at radius 1 is 1.00 bits per heavy atom. The van der Waals surface area contributed by atoms with E-state index in [1.807, 2.05) is 59.3 Å². The summed E-state index contributed by atoms with van der Waals surface area (Å²) in [4.78, 5) is 12.7. The molecule has 31 heavy (non-hydrogen) atoms. The largest absolute Gasteiger partial charge is 0.457 e. The van der Waals surface area contributed by atoms with Gasteiger partial charge in [0.1, 0.15) is 22.7 Å². The monoisotopic (exact) mass is 415 g/mol. The van der Waals surface area contributed by atoms with Crippen LogP contribution in [0, 0.1) is 5.92 Å². The summed E-state index contributed by atoms with van der Waals surface area (Å²) in [5.74, 6) is 2.49. The second-order valence-electron chi connectivity index (χ2n) is 8.31. The third-order valence-electron chi connectivity index (χ3n) is 6.10. The van der Waals surface area contributed by atoms with Crippen LogP contribution in [0.3, 0.4) is 0 Å². The van der Waals surface area contributed by atoms with E-state index in [0.29, 0.717) is 22.5 Å². The lowest BCUT2D eigenvalue weighted by molar-refractivity contribution is 0.279. The van der Waals surface area contributed by atoms with Crippen LogP contribution in [0.2, 0.25) is 0 Å². The van der Waals surface area contributed by atoms with Gasteiger partial charge >= 0.3 is 0 Å². The van der Waals surface area contributed by atoms with Gasteiger partial charge in [0.15, 0.2) is 5.82 Å². The third-order valence-corrected chi connectivity index (χ3v) is 6.10. The number of fused-ring (bicyclic) bond motifs is 1. The molecule has 7 nitrogen and oxygen atoms in total. The number of hydrogen-bond acceptors (Lipinski definition) is 5. The number of nitrogens with zero attached hydrogens (tertiary/aromatic N) is 3. The quantitative estimate of drug-likeness (QED) is 0.493. The van der Waals surface area contributed by atoms with Crippen LogP contribution < -0.4 is 16.0 Å². The van der Waals surface area contributed by atoms with Gasteiger partial charge in [0.05, 0.1) is 11.4 Å². The second kappa shape index (κ2) is 7.91. The van der Waals surface area contributed by atoms with Gasteiger partial charge in [0, 0.05) is 5.56 Å². The Labute approximate surface area is 179 Å². The average Bonchev–Trinajstić information content (AvgIpc) is 3.20. The van der Waals surface area contributed by atoms with Crippen molar-refractivity contribution in [3.8, 4) is 22.8 Å². The number of H-pyrrole nitrogens is 1. The van der Waals surface area contributed by atoms with E-state index in [2.05, 4.69) is 17.1 Å². The van der Waals surface area contributed by atoms with Crippen LogP contribution in [0.5, 0.6) is 11.5 Å². The Kier molecular flexibility index (Phi) is 4.94. The molecule has 1 aliphatic carbocycles. The Morgan fingerprint density at radius 2 is 1.68 bits per heavy atom. The minimum absolute atomic E-state index is 0.191. The topological polar surface area (TPSA) is 98.8 Å². The highest BCUT2D eigenvalue weighted by Gasteiger charge is 2.26. The fourth-order valence-corrected chi connectivity index (χ4v) is 4.37. The molecule has 7 heteroatoms. The first kappa shape index (κ1) is 19.4. The maximum absolute atomic E-state index is 12.7. The molecular formula is C24H25N5O2. The molecule has 2 heterocycles. The number of anilines is 1. The van der Waals surface area contributed by atoms with E-state index in [1.54, 1.807) is 0 Å². The van der Waals surface area contributed by atoms with E-state index in [1.165, 1.54) is 0 Å². The van der Waals surface area contributed by atoms with Gasteiger partial charge in [0.2, 0.25) is 0 Å². The Hall–Kier alpha value is -3.61. The van der Waals surface area contributed by atoms with Gasteiger partial charge in [-0.25, -0.2) is 5.10 Å². The normalized spacial score (nSPS) is 18.9. The molecule has 1 aliphatic rings. The van der Waals surface area contributed by atoms with Gasteiger partial charge in [0.25, 0.3) is 5.56 Å². The first-order chi connectivity index (χ1) is 15.1. The predicted octanol–water partition coefficient (Wildman–Crippen LogP) is 4.91. The molecule has 0 atom stereocenters. The lowest BCUT2D eigenvalue weighted by Gasteiger charge is -2.26. The first-order valence-electron chi connectivity index (χ1n) is 10.7. The van der Waals surface area contributed by atoms with Crippen LogP contribution in [0.1, 0.15) is 38.6 Å². The number of nitrogen functional groups attached to an aromatic ring is 1. The molecule has 0 unspecified atom stereocenters. The molecule has 3 N–H and O–H groups in total. The standard InChI is InChI=1S/C24H25N5O2/c1-15-7-11-17(12-8-15)29-22-20(23(25)26-27-24(22)30)21(28-29)16-9-13-19(14-10-16)31-18-5-3-2-4-6-18/h2-6,9-10,13-15,17H,7-8,11-12H2,1H3,(H2,25,26)(H,27,30). The molecule has 158 valence electrons. The number of aromatic nitrogens is 4. The number of aromatic amines is 1. The van der Waals surface area contributed by atoms with Gasteiger partial charge in [-0.1, -0.05) is 25.1 Å². The average molecular weight is 415 g/mol. The van der Waals surface area contributed by atoms with Gasteiger partial charge in [-0.3, -0.25) is 9.48 Å². The number of rotatable bonds is 4. The van der Waals surface area contributed by atoms with E-state index >= 15 is 0 Å². The summed E-state index contributed by atoms with van der Waals surface area (Å²) < 4.78 is 7.77. The fourth-order valence-electron chi connectivity index (χ4n) is 4.37. The van der Waals surface area contributed by atoms with Crippen molar-refractivity contribution in [1.29, 1.82) is 0 Å². The first-order valence-corrected chi connectivity index (χ1v) is 10.7. The summed E-state index contributed by atoms with van der Waals surface area (Å²) in [5, 5.41) is 12.0. The van der Waals surface area contributed by atoms with Crippen molar-refractivity contribution in [1.82, 2.24) is 20.0 Å². The molecule has 4 aromatic rings. The zero-order valence-electron chi connectivity index (χ0n) is 17.4. The minimum atomic E-state index is -0.259. The van der Waals surface area contributed by atoms with Crippen molar-refractivity contribution in [2.24, 2.45) is 5.92 Å². The number of ether oxygens (including phenoxy) is 1. The molecule has 1 saturated carbocycles. The van der Waals surface area contributed by atoms with E-state index in [0.717, 1.165) is 42.7 Å². The van der Waals surface area contributed by atoms with Gasteiger partial charge < -0.3 is 10.5 Å². The summed E-state index contributed by atoms with van der Waals surface area (Å²) in [6.07, 6.45) is 4.27. The van der Waals surface area contributed by atoms with Gasteiger partial charge in [-0.15, -0.1) is 0 Å². The Balaban J connectivity index is 1.55. The summed E-state index contributed by atoms with van der Waals surface area (Å²) in [7, 11) is 0. The molecule has 5 rings (SSSR count). The lowest BCUT2D eigenvalue weighted by Crippen LogP contribution is -2.21. The van der Waals surface area contributed by atoms with Crippen molar-refractivity contribution in [2.45, 2.75) is 38.6 Å². The highest BCUT2D eigenvalue weighted by atomic mass is 16.5. The van der Waals surface area contributed by atoms with E-state index in [-0.39, 0.29) is 17.4 Å². The SMILES string of the molecule is CC1CCC(n2nc(-c3ccc(Oc4ccccc4)cc3)c3c(N)n[nH]c(=O)c32)CC1. The zero-order valence-corrected chi connectivity index (χ0v) is 17.4. The molecule has 0 radical (unpaired) electrons. The molecular weight excluding hydrogens is 390 g/mol. The molecule has 0 aliphatic heterocycles. The van der Waals surface area contributed by atoms with Crippen LogP contribution in [0.25, 0.3) is 22.2 Å². The van der Waals surface area contributed by atoms with Crippen molar-refractivity contribution in [3.05, 3.63) is 65.0 Å². The Morgan fingerprint density at radius 3 is 2.39 bits per heavy atom. The van der Waals surface area contributed by atoms with Gasteiger partial charge in [-0.05, 0) is 68.0 Å². The van der Waals surface area contributed by atoms with Crippen molar-refractivity contribution >= 4 is 16.7 Å². The molecule has 0 spiro atoms. The molecule has 2 aromatic carbocycles. The van der Waals surface area contributed by atoms with Crippen molar-refractivity contribution < 1.29 is 4.74 Å². The van der Waals surface area contributed by atoms with Crippen LogP contribution in [0.4, 0.5) is 5.82 Å². The Bertz CT molecular complexity index is 1250. The van der Waals surface area contributed by atoms with E-state index in [9.17, 15) is 4.79 Å². The molecule has 2 aromatic heterocycles.